The number of benzene rings is 1. The van der Waals surface area contributed by atoms with Gasteiger partial charge < -0.3 is 15.8 Å². The molecule has 0 bridgehead atoms. The first-order chi connectivity index (χ1) is 9.01. The zero-order chi connectivity index (χ0) is 14.0. The van der Waals surface area contributed by atoms with Crippen LogP contribution in [0.5, 0.6) is 5.75 Å². The van der Waals surface area contributed by atoms with Gasteiger partial charge in [0.25, 0.3) is 5.91 Å². The van der Waals surface area contributed by atoms with Crippen molar-refractivity contribution in [3.63, 3.8) is 0 Å². The molecule has 0 fully saturated rings. The maximum Gasteiger partial charge on any atom is 0.257 e. The molecule has 19 heavy (non-hydrogen) atoms. The lowest BCUT2D eigenvalue weighted by molar-refractivity contribution is 0.102. The Morgan fingerprint density at radius 3 is 2.63 bits per heavy atom. The molecule has 1 aromatic heterocycles. The Balaban J connectivity index is 2.19. The maximum atomic E-state index is 12.1. The van der Waals surface area contributed by atoms with Crippen molar-refractivity contribution in [2.45, 2.75) is 0 Å². The largest absolute Gasteiger partial charge is 0.495 e. The normalized spacial score (nSPS) is 10.3. The van der Waals surface area contributed by atoms with Gasteiger partial charge in [0.15, 0.2) is 0 Å². The van der Waals surface area contributed by atoms with Crippen LogP contribution in [0, 0.1) is 0 Å². The van der Waals surface area contributed by atoms with Crippen LogP contribution >= 0.6 is 43.2 Å². The summed E-state index contributed by atoms with van der Waals surface area (Å²) in [6.45, 7) is 0. The van der Waals surface area contributed by atoms with Gasteiger partial charge in [-0.05, 0) is 56.1 Å². The van der Waals surface area contributed by atoms with Gasteiger partial charge in [-0.1, -0.05) is 0 Å². The number of ether oxygens (including phenoxy) is 1. The molecule has 0 atom stereocenters. The van der Waals surface area contributed by atoms with Crippen LogP contribution < -0.4 is 15.8 Å². The SMILES string of the molecule is COc1ccc(NC(=O)c2cc(Br)sc2Br)cc1N. The highest BCUT2D eigenvalue weighted by molar-refractivity contribution is 9.12. The fourth-order valence-electron chi connectivity index (χ4n) is 1.51. The van der Waals surface area contributed by atoms with E-state index in [9.17, 15) is 4.79 Å². The maximum absolute atomic E-state index is 12.1. The molecule has 100 valence electrons. The highest BCUT2D eigenvalue weighted by Gasteiger charge is 2.14. The number of methoxy groups -OCH3 is 1. The zero-order valence-electron chi connectivity index (χ0n) is 9.87. The van der Waals surface area contributed by atoms with Gasteiger partial charge in [-0.3, -0.25) is 4.79 Å². The first kappa shape index (κ1) is 14.4. The number of nitrogens with two attached hydrogens (primary N) is 1. The third kappa shape index (κ3) is 3.29. The number of amides is 1. The van der Waals surface area contributed by atoms with Crippen molar-refractivity contribution in [3.8, 4) is 5.75 Å². The summed E-state index contributed by atoms with van der Waals surface area (Å²) < 4.78 is 6.73. The molecular formula is C12H10Br2N2O2S. The first-order valence-corrected chi connectivity index (χ1v) is 7.61. The second kappa shape index (κ2) is 5.94. The molecule has 3 N–H and O–H groups in total. The monoisotopic (exact) mass is 404 g/mol. The number of halogens is 2. The second-order valence-electron chi connectivity index (χ2n) is 3.65. The van der Waals surface area contributed by atoms with Gasteiger partial charge in [-0.25, -0.2) is 0 Å². The number of nitrogen functional groups attached to an aromatic ring is 1. The molecule has 1 amide bonds. The van der Waals surface area contributed by atoms with E-state index in [1.807, 2.05) is 0 Å². The van der Waals surface area contributed by atoms with Gasteiger partial charge in [0, 0.05) is 5.69 Å². The Bertz CT molecular complexity index is 628. The van der Waals surface area contributed by atoms with E-state index >= 15 is 0 Å². The molecule has 1 heterocycles. The number of nitrogens with one attached hydrogen (secondary N) is 1. The molecular weight excluding hydrogens is 396 g/mol. The van der Waals surface area contributed by atoms with Gasteiger partial charge in [-0.2, -0.15) is 0 Å². The van der Waals surface area contributed by atoms with Crippen LogP contribution in [0.25, 0.3) is 0 Å². The van der Waals surface area contributed by atoms with E-state index < -0.39 is 0 Å². The molecule has 1 aromatic carbocycles. The minimum Gasteiger partial charge on any atom is -0.495 e. The summed E-state index contributed by atoms with van der Waals surface area (Å²) in [5.41, 5.74) is 7.46. The van der Waals surface area contributed by atoms with Crippen molar-refractivity contribution in [2.24, 2.45) is 0 Å². The fraction of sp³-hybridized carbons (Fsp3) is 0.0833. The Labute approximate surface area is 131 Å². The number of rotatable bonds is 3. The first-order valence-electron chi connectivity index (χ1n) is 5.21. The molecule has 2 rings (SSSR count). The number of anilines is 2. The van der Waals surface area contributed by atoms with Crippen LogP contribution in [0.2, 0.25) is 0 Å². The lowest BCUT2D eigenvalue weighted by Gasteiger charge is -2.08. The summed E-state index contributed by atoms with van der Waals surface area (Å²) in [6, 6.07) is 6.87. The third-order valence-electron chi connectivity index (χ3n) is 2.39. The molecule has 0 spiro atoms. The quantitative estimate of drug-likeness (QED) is 0.755. The molecule has 0 radical (unpaired) electrons. The molecule has 0 unspecified atom stereocenters. The standard InChI is InChI=1S/C12H10Br2N2O2S/c1-18-9-3-2-6(4-8(9)15)16-12(17)7-5-10(13)19-11(7)14/h2-5H,15H2,1H3,(H,16,17). The Morgan fingerprint density at radius 2 is 2.11 bits per heavy atom. The number of carbonyl (C=O) groups excluding carboxylic acids is 1. The molecule has 0 saturated heterocycles. The van der Waals surface area contributed by atoms with E-state index in [0.29, 0.717) is 22.7 Å². The van der Waals surface area contributed by atoms with Crippen molar-refractivity contribution in [1.82, 2.24) is 0 Å². The van der Waals surface area contributed by atoms with Crippen LogP contribution in [0.1, 0.15) is 10.4 Å². The van der Waals surface area contributed by atoms with Crippen LogP contribution in [0.15, 0.2) is 31.8 Å². The highest BCUT2D eigenvalue weighted by atomic mass is 79.9. The Kier molecular flexibility index (Phi) is 4.49. The molecule has 0 saturated carbocycles. The minimum atomic E-state index is -0.196. The average molecular weight is 406 g/mol. The van der Waals surface area contributed by atoms with Gasteiger partial charge in [0.1, 0.15) is 5.75 Å². The van der Waals surface area contributed by atoms with E-state index in [4.69, 9.17) is 10.5 Å². The average Bonchev–Trinajstić information content (AvgIpc) is 2.69. The molecule has 0 aliphatic carbocycles. The summed E-state index contributed by atoms with van der Waals surface area (Å²) in [5.74, 6) is 0.385. The minimum absolute atomic E-state index is 0.196. The van der Waals surface area contributed by atoms with E-state index in [0.717, 1.165) is 7.57 Å². The van der Waals surface area contributed by atoms with Crippen LogP contribution in [0.3, 0.4) is 0 Å². The molecule has 0 aliphatic rings. The smallest absolute Gasteiger partial charge is 0.257 e. The topological polar surface area (TPSA) is 64.3 Å². The molecule has 2 aromatic rings. The summed E-state index contributed by atoms with van der Waals surface area (Å²) in [7, 11) is 1.55. The summed E-state index contributed by atoms with van der Waals surface area (Å²) in [6.07, 6.45) is 0. The van der Waals surface area contributed by atoms with E-state index in [2.05, 4.69) is 37.2 Å². The lowest BCUT2D eigenvalue weighted by atomic mass is 10.2. The Hall–Kier alpha value is -1.05. The lowest BCUT2D eigenvalue weighted by Crippen LogP contribution is -2.11. The van der Waals surface area contributed by atoms with Gasteiger partial charge in [0.05, 0.1) is 25.9 Å². The highest BCUT2D eigenvalue weighted by Crippen LogP contribution is 2.32. The van der Waals surface area contributed by atoms with Crippen LogP contribution in [-0.2, 0) is 0 Å². The third-order valence-corrected chi connectivity index (χ3v) is 4.73. The van der Waals surface area contributed by atoms with Crippen LogP contribution in [-0.4, -0.2) is 13.0 Å². The number of hydrogen-bond acceptors (Lipinski definition) is 4. The number of hydrogen-bond donors (Lipinski definition) is 2. The molecule has 7 heteroatoms. The molecule has 0 aliphatic heterocycles. The fourth-order valence-corrected chi connectivity index (χ4v) is 4.30. The molecule has 4 nitrogen and oxygen atoms in total. The summed E-state index contributed by atoms with van der Waals surface area (Å²) in [4.78, 5) is 12.1. The van der Waals surface area contributed by atoms with Gasteiger partial charge >= 0.3 is 0 Å². The number of thiophene rings is 1. The zero-order valence-corrected chi connectivity index (χ0v) is 13.9. The van der Waals surface area contributed by atoms with Gasteiger partial charge in [0.2, 0.25) is 0 Å². The van der Waals surface area contributed by atoms with Crippen molar-refractivity contribution >= 4 is 60.5 Å². The van der Waals surface area contributed by atoms with E-state index in [-0.39, 0.29) is 5.91 Å². The van der Waals surface area contributed by atoms with Crippen molar-refractivity contribution in [1.29, 1.82) is 0 Å². The predicted molar refractivity (Wildman–Crippen MR) is 85.1 cm³/mol. The second-order valence-corrected chi connectivity index (χ2v) is 7.40. The van der Waals surface area contributed by atoms with Crippen molar-refractivity contribution in [2.75, 3.05) is 18.2 Å². The van der Waals surface area contributed by atoms with Crippen molar-refractivity contribution < 1.29 is 9.53 Å². The Morgan fingerprint density at radius 1 is 1.37 bits per heavy atom. The summed E-state index contributed by atoms with van der Waals surface area (Å²) >= 11 is 8.14. The van der Waals surface area contributed by atoms with Crippen LogP contribution in [0.4, 0.5) is 11.4 Å². The van der Waals surface area contributed by atoms with Crippen molar-refractivity contribution in [3.05, 3.63) is 37.4 Å². The number of carbonyl (C=O) groups is 1. The van der Waals surface area contributed by atoms with E-state index in [1.54, 1.807) is 31.4 Å². The van der Waals surface area contributed by atoms with Gasteiger partial charge in [-0.15, -0.1) is 11.3 Å². The predicted octanol–water partition coefficient (Wildman–Crippen LogP) is 4.12. The summed E-state index contributed by atoms with van der Waals surface area (Å²) in [5, 5.41) is 2.79. The van der Waals surface area contributed by atoms with E-state index in [1.165, 1.54) is 11.3 Å².